The van der Waals surface area contributed by atoms with Gasteiger partial charge in [-0.2, -0.15) is 0 Å². The van der Waals surface area contributed by atoms with Gasteiger partial charge in [0.15, 0.2) is 5.96 Å². The van der Waals surface area contributed by atoms with Crippen molar-refractivity contribution in [3.8, 4) is 5.88 Å². The zero-order valence-corrected chi connectivity index (χ0v) is 19.7. The van der Waals surface area contributed by atoms with E-state index in [-0.39, 0.29) is 36.0 Å². The fourth-order valence-electron chi connectivity index (χ4n) is 3.93. The summed E-state index contributed by atoms with van der Waals surface area (Å²) in [5, 5.41) is 16.0. The first-order valence-corrected chi connectivity index (χ1v) is 10.5. The Kier molecular flexibility index (Phi) is 10.4. The Bertz CT molecular complexity index is 615. The zero-order valence-electron chi connectivity index (χ0n) is 17.4. The first kappa shape index (κ1) is 24.1. The van der Waals surface area contributed by atoms with E-state index in [0.717, 1.165) is 50.4 Å². The van der Waals surface area contributed by atoms with Gasteiger partial charge in [-0.15, -0.1) is 24.0 Å². The molecule has 1 aliphatic carbocycles. The SMILES string of the molecule is CN=C(NCc1ccc(OC2CCCCC2)nc1)NCC1(CCO)CCOC1.I. The van der Waals surface area contributed by atoms with Crippen molar-refractivity contribution < 1.29 is 14.6 Å². The Morgan fingerprint density at radius 1 is 1.31 bits per heavy atom. The largest absolute Gasteiger partial charge is 0.474 e. The normalized spacial score (nSPS) is 22.8. The molecule has 3 N–H and O–H groups in total. The minimum atomic E-state index is -0.00791. The maximum atomic E-state index is 9.35. The van der Waals surface area contributed by atoms with Gasteiger partial charge in [0.2, 0.25) is 5.88 Å². The molecule has 0 radical (unpaired) electrons. The van der Waals surface area contributed by atoms with E-state index in [2.05, 4.69) is 20.6 Å². The molecule has 8 heteroatoms. The Morgan fingerprint density at radius 3 is 2.76 bits per heavy atom. The average molecular weight is 518 g/mol. The van der Waals surface area contributed by atoms with Crippen molar-refractivity contribution >= 4 is 29.9 Å². The van der Waals surface area contributed by atoms with Crippen molar-refractivity contribution in [2.75, 3.05) is 33.4 Å². The van der Waals surface area contributed by atoms with E-state index >= 15 is 0 Å². The zero-order chi connectivity index (χ0) is 19.7. The Balaban J connectivity index is 0.00000300. The second-order valence-corrected chi connectivity index (χ2v) is 7.94. The van der Waals surface area contributed by atoms with Crippen LogP contribution in [-0.2, 0) is 11.3 Å². The third-order valence-electron chi connectivity index (χ3n) is 5.78. The number of pyridine rings is 1. The lowest BCUT2D eigenvalue weighted by molar-refractivity contribution is 0.127. The molecule has 1 saturated carbocycles. The van der Waals surface area contributed by atoms with Crippen LogP contribution in [0.25, 0.3) is 0 Å². The highest BCUT2D eigenvalue weighted by molar-refractivity contribution is 14.0. The van der Waals surface area contributed by atoms with E-state index in [1.165, 1.54) is 19.3 Å². The highest BCUT2D eigenvalue weighted by Crippen LogP contribution is 2.31. The van der Waals surface area contributed by atoms with E-state index in [4.69, 9.17) is 9.47 Å². The monoisotopic (exact) mass is 518 g/mol. The molecule has 1 aliphatic heterocycles. The Morgan fingerprint density at radius 2 is 2.14 bits per heavy atom. The van der Waals surface area contributed by atoms with Crippen molar-refractivity contribution in [1.82, 2.24) is 15.6 Å². The number of nitrogens with zero attached hydrogens (tertiary/aromatic N) is 2. The molecule has 2 aliphatic rings. The molecular formula is C21H35IN4O3. The molecule has 1 unspecified atom stereocenters. The maximum Gasteiger partial charge on any atom is 0.213 e. The number of aliphatic imine (C=N–C) groups is 1. The van der Waals surface area contributed by atoms with Crippen LogP contribution in [-0.4, -0.2) is 55.6 Å². The van der Waals surface area contributed by atoms with E-state index in [1.54, 1.807) is 7.05 Å². The topological polar surface area (TPSA) is 88.0 Å². The number of aliphatic hydroxyl groups is 1. The molecule has 0 aromatic carbocycles. The molecule has 1 aromatic heterocycles. The van der Waals surface area contributed by atoms with Crippen molar-refractivity contribution in [2.24, 2.45) is 10.4 Å². The summed E-state index contributed by atoms with van der Waals surface area (Å²) in [5.74, 6) is 1.46. The van der Waals surface area contributed by atoms with Crippen LogP contribution in [0.5, 0.6) is 5.88 Å². The molecule has 2 fully saturated rings. The molecule has 3 rings (SSSR count). The fourth-order valence-corrected chi connectivity index (χ4v) is 3.93. The first-order chi connectivity index (χ1) is 13.7. The molecule has 0 bridgehead atoms. The van der Waals surface area contributed by atoms with Crippen LogP contribution in [0, 0.1) is 5.41 Å². The number of guanidine groups is 1. The molecule has 7 nitrogen and oxygen atoms in total. The predicted octanol–water partition coefficient (Wildman–Crippen LogP) is 2.87. The van der Waals surface area contributed by atoms with Crippen LogP contribution < -0.4 is 15.4 Å². The smallest absolute Gasteiger partial charge is 0.213 e. The molecule has 29 heavy (non-hydrogen) atoms. The van der Waals surface area contributed by atoms with Gasteiger partial charge in [0.05, 0.1) is 6.61 Å². The number of hydrogen-bond donors (Lipinski definition) is 3. The van der Waals surface area contributed by atoms with Gasteiger partial charge in [-0.05, 0) is 44.1 Å². The van der Waals surface area contributed by atoms with E-state index < -0.39 is 0 Å². The highest BCUT2D eigenvalue weighted by Gasteiger charge is 2.34. The average Bonchev–Trinajstić information content (AvgIpc) is 3.19. The summed E-state index contributed by atoms with van der Waals surface area (Å²) >= 11 is 0. The number of hydrogen-bond acceptors (Lipinski definition) is 5. The maximum absolute atomic E-state index is 9.35. The predicted molar refractivity (Wildman–Crippen MR) is 125 cm³/mol. The summed E-state index contributed by atoms with van der Waals surface area (Å²) in [7, 11) is 1.76. The third-order valence-corrected chi connectivity index (χ3v) is 5.78. The van der Waals surface area contributed by atoms with Gasteiger partial charge in [0.1, 0.15) is 6.10 Å². The standard InChI is InChI=1S/C21H34N4O3.HI/c1-22-20(25-15-21(9-11-26)10-12-27-16-21)24-14-17-7-8-19(23-13-17)28-18-5-3-2-4-6-18;/h7-8,13,18,26H,2-6,9-12,14-16H2,1H3,(H2,22,24,25);1H. The molecule has 2 heterocycles. The lowest BCUT2D eigenvalue weighted by Crippen LogP contribution is -2.44. The van der Waals surface area contributed by atoms with Gasteiger partial charge in [0.25, 0.3) is 0 Å². The molecular weight excluding hydrogens is 483 g/mol. The number of halogens is 1. The Hall–Kier alpha value is -1.13. The second-order valence-electron chi connectivity index (χ2n) is 7.94. The summed E-state index contributed by atoms with van der Waals surface area (Å²) in [6.07, 6.45) is 9.98. The van der Waals surface area contributed by atoms with Gasteiger partial charge in [-0.3, -0.25) is 4.99 Å². The number of nitrogens with one attached hydrogen (secondary N) is 2. The molecule has 0 amide bonds. The van der Waals surface area contributed by atoms with Gasteiger partial charge in [-0.1, -0.05) is 12.5 Å². The molecule has 1 atom stereocenters. The van der Waals surface area contributed by atoms with Gasteiger partial charge < -0.3 is 25.2 Å². The quantitative estimate of drug-likeness (QED) is 0.279. The summed E-state index contributed by atoms with van der Waals surface area (Å²) in [6.45, 7) is 3.00. The van der Waals surface area contributed by atoms with Gasteiger partial charge in [0, 0.05) is 51.0 Å². The van der Waals surface area contributed by atoms with E-state index in [0.29, 0.717) is 25.1 Å². The number of rotatable bonds is 8. The summed E-state index contributed by atoms with van der Waals surface area (Å²) in [6, 6.07) is 4.00. The number of aliphatic hydroxyl groups excluding tert-OH is 1. The first-order valence-electron chi connectivity index (χ1n) is 10.5. The van der Waals surface area contributed by atoms with Crippen LogP contribution in [0.15, 0.2) is 23.3 Å². The number of aromatic nitrogens is 1. The van der Waals surface area contributed by atoms with E-state index in [9.17, 15) is 5.11 Å². The highest BCUT2D eigenvalue weighted by atomic mass is 127. The van der Waals surface area contributed by atoms with Crippen LogP contribution in [0.1, 0.15) is 50.5 Å². The summed E-state index contributed by atoms with van der Waals surface area (Å²) < 4.78 is 11.5. The number of ether oxygens (including phenoxy) is 2. The lowest BCUT2D eigenvalue weighted by Gasteiger charge is -2.27. The van der Waals surface area contributed by atoms with E-state index in [1.807, 2.05) is 18.3 Å². The van der Waals surface area contributed by atoms with Crippen LogP contribution >= 0.6 is 24.0 Å². The van der Waals surface area contributed by atoms with Crippen molar-refractivity contribution in [1.29, 1.82) is 0 Å². The van der Waals surface area contributed by atoms with Crippen LogP contribution in [0.3, 0.4) is 0 Å². The second kappa shape index (κ2) is 12.5. The minimum Gasteiger partial charge on any atom is -0.474 e. The summed E-state index contributed by atoms with van der Waals surface area (Å²) in [4.78, 5) is 8.75. The van der Waals surface area contributed by atoms with Gasteiger partial charge in [-0.25, -0.2) is 4.98 Å². The van der Waals surface area contributed by atoms with Crippen molar-refractivity contribution in [3.63, 3.8) is 0 Å². The van der Waals surface area contributed by atoms with Crippen LogP contribution in [0.4, 0.5) is 0 Å². The lowest BCUT2D eigenvalue weighted by atomic mass is 9.84. The minimum absolute atomic E-state index is 0. The third kappa shape index (κ3) is 7.57. The van der Waals surface area contributed by atoms with Gasteiger partial charge >= 0.3 is 0 Å². The molecule has 1 aromatic rings. The fraction of sp³-hybridized carbons (Fsp3) is 0.714. The molecule has 1 saturated heterocycles. The van der Waals surface area contributed by atoms with Crippen molar-refractivity contribution in [3.05, 3.63) is 23.9 Å². The Labute approximate surface area is 191 Å². The van der Waals surface area contributed by atoms with Crippen molar-refractivity contribution in [2.45, 2.75) is 57.6 Å². The van der Waals surface area contributed by atoms with Crippen LogP contribution in [0.2, 0.25) is 0 Å². The molecule has 164 valence electrons. The molecule has 0 spiro atoms. The summed E-state index contributed by atoms with van der Waals surface area (Å²) in [5.41, 5.74) is 1.07.